The van der Waals surface area contributed by atoms with E-state index in [1.54, 1.807) is 0 Å². The minimum absolute atomic E-state index is 0.222. The summed E-state index contributed by atoms with van der Waals surface area (Å²) < 4.78 is 0. The van der Waals surface area contributed by atoms with E-state index in [0.29, 0.717) is 6.54 Å². The molecule has 134 valence electrons. The molecule has 6 heteroatoms. The zero-order valence-corrected chi connectivity index (χ0v) is 15.1. The Morgan fingerprint density at radius 1 is 1.31 bits per heavy atom. The number of benzene rings is 1. The third-order valence-electron chi connectivity index (χ3n) is 5.24. The molecular formula is C20H24N6. The van der Waals surface area contributed by atoms with E-state index in [2.05, 4.69) is 38.9 Å². The SMILES string of the molecule is CN1CN(Cc2ccccc2C#N)c2c(N3CCC[C@@H](N)C3)ccnc21. The maximum Gasteiger partial charge on any atom is 0.155 e. The molecule has 0 bridgehead atoms. The number of fused-ring (bicyclic) bond motifs is 1. The van der Waals surface area contributed by atoms with E-state index in [1.807, 2.05) is 30.5 Å². The lowest BCUT2D eigenvalue weighted by atomic mass is 10.1. The number of rotatable bonds is 3. The molecule has 3 heterocycles. The minimum Gasteiger partial charge on any atom is -0.368 e. The van der Waals surface area contributed by atoms with Gasteiger partial charge in [-0.05, 0) is 30.5 Å². The van der Waals surface area contributed by atoms with Crippen molar-refractivity contribution in [2.24, 2.45) is 5.73 Å². The van der Waals surface area contributed by atoms with Gasteiger partial charge in [0.15, 0.2) is 5.82 Å². The molecule has 26 heavy (non-hydrogen) atoms. The van der Waals surface area contributed by atoms with Gasteiger partial charge in [0, 0.05) is 38.9 Å². The molecule has 0 spiro atoms. The number of hydrogen-bond donors (Lipinski definition) is 1. The highest BCUT2D eigenvalue weighted by Gasteiger charge is 2.31. The Morgan fingerprint density at radius 3 is 2.96 bits per heavy atom. The van der Waals surface area contributed by atoms with Crippen molar-refractivity contribution in [3.05, 3.63) is 47.7 Å². The van der Waals surface area contributed by atoms with Crippen molar-refractivity contribution in [1.29, 1.82) is 5.26 Å². The lowest BCUT2D eigenvalue weighted by Crippen LogP contribution is -2.43. The largest absolute Gasteiger partial charge is 0.368 e. The zero-order valence-electron chi connectivity index (χ0n) is 15.1. The molecule has 2 aliphatic rings. The van der Waals surface area contributed by atoms with Crippen molar-refractivity contribution in [2.45, 2.75) is 25.4 Å². The van der Waals surface area contributed by atoms with Crippen LogP contribution in [0.2, 0.25) is 0 Å². The fraction of sp³-hybridized carbons (Fsp3) is 0.400. The van der Waals surface area contributed by atoms with E-state index in [4.69, 9.17) is 5.73 Å². The molecule has 0 amide bonds. The van der Waals surface area contributed by atoms with Crippen LogP contribution in [0.4, 0.5) is 17.2 Å². The number of hydrogen-bond acceptors (Lipinski definition) is 6. The van der Waals surface area contributed by atoms with Crippen LogP contribution in [0.3, 0.4) is 0 Å². The number of aromatic nitrogens is 1. The van der Waals surface area contributed by atoms with Crippen LogP contribution in [0.1, 0.15) is 24.0 Å². The Kier molecular flexibility index (Phi) is 4.39. The monoisotopic (exact) mass is 348 g/mol. The first-order valence-electron chi connectivity index (χ1n) is 9.11. The van der Waals surface area contributed by atoms with Crippen LogP contribution < -0.4 is 20.4 Å². The molecule has 6 nitrogen and oxygen atoms in total. The van der Waals surface area contributed by atoms with Crippen LogP contribution >= 0.6 is 0 Å². The molecule has 0 saturated carbocycles. The lowest BCUT2D eigenvalue weighted by Gasteiger charge is -2.34. The van der Waals surface area contributed by atoms with Gasteiger partial charge in [-0.2, -0.15) is 5.26 Å². The Hall–Kier alpha value is -2.78. The number of piperidine rings is 1. The Bertz CT molecular complexity index is 842. The van der Waals surface area contributed by atoms with Gasteiger partial charge >= 0.3 is 0 Å². The fourth-order valence-corrected chi connectivity index (χ4v) is 4.00. The molecule has 1 saturated heterocycles. The van der Waals surface area contributed by atoms with Crippen LogP contribution in [0.5, 0.6) is 0 Å². The predicted molar refractivity (Wildman–Crippen MR) is 104 cm³/mol. The summed E-state index contributed by atoms with van der Waals surface area (Å²) in [7, 11) is 2.06. The summed E-state index contributed by atoms with van der Waals surface area (Å²) in [5.41, 5.74) is 10.3. The van der Waals surface area contributed by atoms with Crippen molar-refractivity contribution in [1.82, 2.24) is 4.98 Å². The van der Waals surface area contributed by atoms with E-state index in [0.717, 1.165) is 55.2 Å². The van der Waals surface area contributed by atoms with E-state index in [-0.39, 0.29) is 6.04 Å². The second-order valence-electron chi connectivity index (χ2n) is 7.16. The average Bonchev–Trinajstić information content (AvgIpc) is 2.98. The van der Waals surface area contributed by atoms with Crippen LogP contribution in [0.25, 0.3) is 0 Å². The highest BCUT2D eigenvalue weighted by atomic mass is 15.4. The maximum atomic E-state index is 9.41. The maximum absolute atomic E-state index is 9.41. The van der Waals surface area contributed by atoms with Gasteiger partial charge < -0.3 is 20.4 Å². The number of nitrogens with two attached hydrogens (primary N) is 1. The molecular weight excluding hydrogens is 324 g/mol. The number of anilines is 3. The van der Waals surface area contributed by atoms with E-state index >= 15 is 0 Å². The van der Waals surface area contributed by atoms with Crippen molar-refractivity contribution in [3.63, 3.8) is 0 Å². The first kappa shape index (κ1) is 16.7. The number of nitriles is 1. The third kappa shape index (κ3) is 2.95. The van der Waals surface area contributed by atoms with Gasteiger partial charge in [0.05, 0.1) is 24.0 Å². The summed E-state index contributed by atoms with van der Waals surface area (Å²) in [6.45, 7) is 3.36. The molecule has 1 fully saturated rings. The first-order valence-corrected chi connectivity index (χ1v) is 9.11. The standard InChI is InChI=1S/C20H24N6/c1-24-14-26(12-16-6-3-2-5-15(16)11-21)19-18(8-9-23-20(19)24)25-10-4-7-17(22)13-25/h2-3,5-6,8-9,17H,4,7,10,12-14,22H2,1H3/t17-/m1/s1. The van der Waals surface area contributed by atoms with Crippen LogP contribution in [-0.2, 0) is 6.54 Å². The topological polar surface area (TPSA) is 72.4 Å². The quantitative estimate of drug-likeness (QED) is 0.918. The Morgan fingerprint density at radius 2 is 2.15 bits per heavy atom. The second kappa shape index (κ2) is 6.85. The van der Waals surface area contributed by atoms with Crippen molar-refractivity contribution in [3.8, 4) is 6.07 Å². The molecule has 2 aromatic rings. The van der Waals surface area contributed by atoms with Gasteiger partial charge in [-0.25, -0.2) is 4.98 Å². The molecule has 1 aromatic carbocycles. The molecule has 0 aliphatic carbocycles. The normalized spacial score (nSPS) is 19.4. The van der Waals surface area contributed by atoms with Crippen LogP contribution in [-0.4, -0.2) is 37.8 Å². The molecule has 2 aliphatic heterocycles. The first-order chi connectivity index (χ1) is 12.7. The summed E-state index contributed by atoms with van der Waals surface area (Å²) in [5, 5.41) is 9.41. The fourth-order valence-electron chi connectivity index (χ4n) is 4.00. The van der Waals surface area contributed by atoms with Gasteiger partial charge in [0.2, 0.25) is 0 Å². The smallest absolute Gasteiger partial charge is 0.155 e. The Balaban J connectivity index is 1.70. The highest BCUT2D eigenvalue weighted by Crippen LogP contribution is 2.42. The van der Waals surface area contributed by atoms with Crippen molar-refractivity contribution in [2.75, 3.05) is 41.5 Å². The van der Waals surface area contributed by atoms with Crippen LogP contribution in [0, 0.1) is 11.3 Å². The minimum atomic E-state index is 0.222. The van der Waals surface area contributed by atoms with Crippen molar-refractivity contribution >= 4 is 17.2 Å². The summed E-state index contributed by atoms with van der Waals surface area (Å²) >= 11 is 0. The second-order valence-corrected chi connectivity index (χ2v) is 7.16. The lowest BCUT2D eigenvalue weighted by molar-refractivity contribution is 0.506. The molecule has 0 radical (unpaired) electrons. The predicted octanol–water partition coefficient (Wildman–Crippen LogP) is 2.29. The van der Waals surface area contributed by atoms with Gasteiger partial charge in [0.1, 0.15) is 5.69 Å². The zero-order chi connectivity index (χ0) is 18.1. The van der Waals surface area contributed by atoms with Gasteiger partial charge in [-0.15, -0.1) is 0 Å². The van der Waals surface area contributed by atoms with Crippen LogP contribution in [0.15, 0.2) is 36.5 Å². The van der Waals surface area contributed by atoms with Crippen molar-refractivity contribution < 1.29 is 0 Å². The van der Waals surface area contributed by atoms with Gasteiger partial charge in [-0.1, -0.05) is 18.2 Å². The average molecular weight is 348 g/mol. The Labute approximate surface area is 154 Å². The molecule has 4 rings (SSSR count). The summed E-state index contributed by atoms with van der Waals surface area (Å²) in [4.78, 5) is 11.5. The van der Waals surface area contributed by atoms with Gasteiger partial charge in [-0.3, -0.25) is 0 Å². The third-order valence-corrected chi connectivity index (χ3v) is 5.24. The number of nitrogens with zero attached hydrogens (tertiary/aromatic N) is 5. The van der Waals surface area contributed by atoms with Gasteiger partial charge in [0.25, 0.3) is 0 Å². The molecule has 2 N–H and O–H groups in total. The molecule has 1 atom stereocenters. The van der Waals surface area contributed by atoms with E-state index in [1.165, 1.54) is 5.69 Å². The number of pyridine rings is 1. The highest BCUT2D eigenvalue weighted by molar-refractivity contribution is 5.85. The summed E-state index contributed by atoms with van der Waals surface area (Å²) in [5.74, 6) is 0.996. The summed E-state index contributed by atoms with van der Waals surface area (Å²) in [6.07, 6.45) is 4.09. The molecule has 0 unspecified atom stereocenters. The summed E-state index contributed by atoms with van der Waals surface area (Å²) in [6, 6.07) is 12.4. The molecule has 1 aromatic heterocycles. The van der Waals surface area contributed by atoms with E-state index < -0.39 is 0 Å². The van der Waals surface area contributed by atoms with E-state index in [9.17, 15) is 5.26 Å².